The van der Waals surface area contributed by atoms with Crippen LogP contribution >= 0.6 is 24.0 Å². The van der Waals surface area contributed by atoms with Crippen LogP contribution in [0.15, 0.2) is 60.7 Å². The minimum atomic E-state index is -0.860. The van der Waals surface area contributed by atoms with Gasteiger partial charge < -0.3 is 5.11 Å². The van der Waals surface area contributed by atoms with Gasteiger partial charge in [0.05, 0.1) is 18.1 Å². The molecule has 2 aromatic rings. The molecular formula is C22H21NO2S2. The summed E-state index contributed by atoms with van der Waals surface area (Å²) in [5.41, 5.74) is 3.47. The van der Waals surface area contributed by atoms with Crippen LogP contribution in [-0.2, 0) is 11.2 Å². The average molecular weight is 396 g/mol. The minimum absolute atomic E-state index is 0.0149. The van der Waals surface area contributed by atoms with E-state index in [4.69, 9.17) is 12.2 Å². The Bertz CT molecular complexity index is 896. The quantitative estimate of drug-likeness (QED) is 0.787. The molecule has 1 fully saturated rings. The van der Waals surface area contributed by atoms with Crippen molar-refractivity contribution in [2.75, 3.05) is 0 Å². The van der Waals surface area contributed by atoms with Gasteiger partial charge in [0.25, 0.3) is 0 Å². The fourth-order valence-corrected chi connectivity index (χ4v) is 5.59. The number of thiocarbonyl (C=S) groups is 1. The highest BCUT2D eigenvalue weighted by molar-refractivity contribution is 8.23. The molecule has 4 rings (SSSR count). The Hall–Kier alpha value is -1.95. The number of hydrogen-bond donors (Lipinski definition) is 1. The van der Waals surface area contributed by atoms with Crippen molar-refractivity contribution in [3.63, 3.8) is 0 Å². The summed E-state index contributed by atoms with van der Waals surface area (Å²) < 4.78 is 0.621. The summed E-state index contributed by atoms with van der Waals surface area (Å²) in [4.78, 5) is 14.9. The Balaban J connectivity index is 1.53. The number of aliphatic hydroxyl groups excluding tert-OH is 1. The summed E-state index contributed by atoms with van der Waals surface area (Å²) >= 11 is 7.12. The zero-order valence-electron chi connectivity index (χ0n) is 15.0. The number of nitrogens with zero attached hydrogens (tertiary/aromatic N) is 1. The molecule has 0 saturated carbocycles. The maximum absolute atomic E-state index is 13.2. The van der Waals surface area contributed by atoms with E-state index in [-0.39, 0.29) is 17.2 Å². The molecule has 5 heteroatoms. The maximum Gasteiger partial charge on any atom is 0.234 e. The van der Waals surface area contributed by atoms with Gasteiger partial charge >= 0.3 is 0 Å². The first-order chi connectivity index (χ1) is 13.1. The van der Waals surface area contributed by atoms with E-state index in [9.17, 15) is 9.90 Å². The molecular weight excluding hydrogens is 374 g/mol. The Labute approximate surface area is 169 Å². The van der Waals surface area contributed by atoms with Gasteiger partial charge in [-0.3, -0.25) is 9.69 Å². The van der Waals surface area contributed by atoms with Gasteiger partial charge in [0.1, 0.15) is 4.32 Å². The minimum Gasteiger partial charge on any atom is -0.388 e. The smallest absolute Gasteiger partial charge is 0.234 e. The van der Waals surface area contributed by atoms with Crippen LogP contribution in [0.1, 0.15) is 29.7 Å². The first-order valence-electron chi connectivity index (χ1n) is 9.09. The van der Waals surface area contributed by atoms with E-state index in [1.54, 1.807) is 29.7 Å². The van der Waals surface area contributed by atoms with Crippen LogP contribution in [0.25, 0.3) is 6.08 Å². The number of aliphatic hydroxyl groups is 1. The highest BCUT2D eigenvalue weighted by Crippen LogP contribution is 2.49. The molecule has 4 unspecified atom stereocenters. The molecule has 2 aromatic carbocycles. The van der Waals surface area contributed by atoms with E-state index in [2.05, 4.69) is 12.1 Å². The lowest BCUT2D eigenvalue weighted by molar-refractivity contribution is -0.134. The molecule has 3 nitrogen and oxygen atoms in total. The topological polar surface area (TPSA) is 40.5 Å². The first-order valence-corrected chi connectivity index (χ1v) is 10.4. The molecule has 0 radical (unpaired) electrons. The molecule has 0 spiro atoms. The number of carbonyl (C=O) groups is 1. The van der Waals surface area contributed by atoms with E-state index < -0.39 is 12.0 Å². The second-order valence-electron chi connectivity index (χ2n) is 7.03. The summed E-state index contributed by atoms with van der Waals surface area (Å²) in [6, 6.07) is 18.0. The molecule has 0 bridgehead atoms. The number of hydrogen-bond acceptors (Lipinski definition) is 4. The molecule has 1 N–H and O–H groups in total. The molecule has 1 heterocycles. The molecule has 1 aliphatic heterocycles. The lowest BCUT2D eigenvalue weighted by Gasteiger charge is -2.28. The molecule has 138 valence electrons. The van der Waals surface area contributed by atoms with E-state index in [0.717, 1.165) is 12.0 Å². The summed E-state index contributed by atoms with van der Waals surface area (Å²) in [5.74, 6) is -0.670. The summed E-state index contributed by atoms with van der Waals surface area (Å²) in [7, 11) is 0. The van der Waals surface area contributed by atoms with Gasteiger partial charge in [-0.1, -0.05) is 97.7 Å². The number of amides is 1. The van der Waals surface area contributed by atoms with Gasteiger partial charge in [-0.2, -0.15) is 0 Å². The standard InChI is InChI=1S/C22H21NO2S2/c1-14(18(24)12-11-15-7-3-2-4-8-15)21(25)23-20-17-10-6-5-9-16(17)13-19(20)27-22(23)26/h2-12,14,18-20,24H,13H2,1H3/b12-11+. The molecule has 2 aliphatic rings. The van der Waals surface area contributed by atoms with E-state index in [0.29, 0.717) is 4.32 Å². The summed E-state index contributed by atoms with van der Waals surface area (Å²) in [5, 5.41) is 10.8. The van der Waals surface area contributed by atoms with Crippen molar-refractivity contribution >= 4 is 40.3 Å². The summed E-state index contributed by atoms with van der Waals surface area (Å²) in [6.45, 7) is 1.77. The van der Waals surface area contributed by atoms with Crippen LogP contribution in [0.2, 0.25) is 0 Å². The SMILES string of the molecule is CC(C(=O)N1C(=S)SC2Cc3ccccc3C21)C(O)/C=C/c1ccccc1. The molecule has 4 atom stereocenters. The predicted molar refractivity (Wildman–Crippen MR) is 114 cm³/mol. The van der Waals surface area contributed by atoms with Crippen LogP contribution in [0, 0.1) is 5.92 Å². The fourth-order valence-electron chi connectivity index (χ4n) is 3.78. The van der Waals surface area contributed by atoms with E-state index in [1.807, 2.05) is 48.5 Å². The predicted octanol–water partition coefficient (Wildman–Crippen LogP) is 4.22. The Morgan fingerprint density at radius 1 is 1.22 bits per heavy atom. The van der Waals surface area contributed by atoms with Crippen LogP contribution in [0.4, 0.5) is 0 Å². The molecule has 1 saturated heterocycles. The summed E-state index contributed by atoms with van der Waals surface area (Å²) in [6.07, 6.45) is 3.60. The molecule has 1 amide bonds. The van der Waals surface area contributed by atoms with Crippen LogP contribution < -0.4 is 0 Å². The van der Waals surface area contributed by atoms with Crippen molar-refractivity contribution < 1.29 is 9.90 Å². The number of fused-ring (bicyclic) bond motifs is 3. The maximum atomic E-state index is 13.2. The van der Waals surface area contributed by atoms with Crippen LogP contribution in [0.5, 0.6) is 0 Å². The van der Waals surface area contributed by atoms with Gasteiger partial charge in [0.15, 0.2) is 0 Å². The van der Waals surface area contributed by atoms with Gasteiger partial charge in [0, 0.05) is 5.25 Å². The van der Waals surface area contributed by atoms with Crippen molar-refractivity contribution in [2.24, 2.45) is 5.92 Å². The third-order valence-electron chi connectivity index (χ3n) is 5.30. The lowest BCUT2D eigenvalue weighted by Crippen LogP contribution is -2.41. The van der Waals surface area contributed by atoms with Crippen molar-refractivity contribution in [1.82, 2.24) is 4.90 Å². The van der Waals surface area contributed by atoms with Gasteiger partial charge in [-0.05, 0) is 23.1 Å². The number of thioether (sulfide) groups is 1. The zero-order chi connectivity index (χ0) is 19.0. The Morgan fingerprint density at radius 3 is 2.70 bits per heavy atom. The Morgan fingerprint density at radius 2 is 1.93 bits per heavy atom. The zero-order valence-corrected chi connectivity index (χ0v) is 16.6. The average Bonchev–Trinajstić information content (AvgIpc) is 3.20. The van der Waals surface area contributed by atoms with Gasteiger partial charge in [-0.25, -0.2) is 0 Å². The molecule has 27 heavy (non-hydrogen) atoms. The molecule has 0 aromatic heterocycles. The van der Waals surface area contributed by atoms with E-state index in [1.165, 1.54) is 11.1 Å². The number of rotatable bonds is 4. The molecule has 1 aliphatic carbocycles. The highest BCUT2D eigenvalue weighted by atomic mass is 32.2. The number of carbonyl (C=O) groups excluding carboxylic acids is 1. The highest BCUT2D eigenvalue weighted by Gasteiger charge is 2.48. The third-order valence-corrected chi connectivity index (χ3v) is 6.91. The first kappa shape index (κ1) is 18.4. The number of benzene rings is 2. The third kappa shape index (κ3) is 3.47. The second-order valence-corrected chi connectivity index (χ2v) is 8.90. The second kappa shape index (κ2) is 7.58. The monoisotopic (exact) mass is 395 g/mol. The van der Waals surface area contributed by atoms with Crippen molar-refractivity contribution in [2.45, 2.75) is 30.7 Å². The van der Waals surface area contributed by atoms with Crippen LogP contribution in [0.3, 0.4) is 0 Å². The Kier molecular flexibility index (Phi) is 5.17. The van der Waals surface area contributed by atoms with Crippen molar-refractivity contribution in [3.05, 3.63) is 77.4 Å². The fraction of sp³-hybridized carbons (Fsp3) is 0.273. The van der Waals surface area contributed by atoms with Crippen LogP contribution in [-0.4, -0.2) is 31.6 Å². The van der Waals surface area contributed by atoms with Crippen molar-refractivity contribution in [3.8, 4) is 0 Å². The van der Waals surface area contributed by atoms with Gasteiger partial charge in [-0.15, -0.1) is 0 Å². The van der Waals surface area contributed by atoms with Crippen molar-refractivity contribution in [1.29, 1.82) is 0 Å². The lowest BCUT2D eigenvalue weighted by atomic mass is 9.99. The normalized spacial score (nSPS) is 23.3. The van der Waals surface area contributed by atoms with Gasteiger partial charge in [0.2, 0.25) is 5.91 Å². The van der Waals surface area contributed by atoms with E-state index >= 15 is 0 Å². The largest absolute Gasteiger partial charge is 0.388 e.